The normalized spacial score (nSPS) is 14.1. The number of hydrogen-bond donors (Lipinski definition) is 2. The molecule has 0 bridgehead atoms. The lowest BCUT2D eigenvalue weighted by Crippen LogP contribution is -2.20. The second kappa shape index (κ2) is 6.50. The minimum absolute atomic E-state index is 0.310. The van der Waals surface area contributed by atoms with E-state index in [1.807, 2.05) is 0 Å². The van der Waals surface area contributed by atoms with Gasteiger partial charge in [0, 0.05) is 11.3 Å². The molecule has 1 amide bonds. The number of carbonyl (C=O) groups excluding carboxylic acids is 1. The molecule has 5 nitrogen and oxygen atoms in total. The van der Waals surface area contributed by atoms with Crippen LogP contribution in [0.25, 0.3) is 0 Å². The van der Waals surface area contributed by atoms with Gasteiger partial charge < -0.3 is 0 Å². The Kier molecular flexibility index (Phi) is 4.45. The van der Waals surface area contributed by atoms with Crippen LogP contribution >= 0.6 is 23.2 Å². The van der Waals surface area contributed by atoms with Gasteiger partial charge >= 0.3 is 0 Å². The van der Waals surface area contributed by atoms with Gasteiger partial charge in [-0.1, -0.05) is 29.3 Å². The van der Waals surface area contributed by atoms with Gasteiger partial charge in [-0.3, -0.25) is 9.89 Å². The van der Waals surface area contributed by atoms with Crippen LogP contribution < -0.4 is 5.43 Å². The van der Waals surface area contributed by atoms with Crippen LogP contribution in [0, 0.1) is 0 Å². The van der Waals surface area contributed by atoms with Gasteiger partial charge in [-0.25, -0.2) is 5.43 Å². The minimum Gasteiger partial charge on any atom is -0.281 e. The lowest BCUT2D eigenvalue weighted by Gasteiger charge is -2.10. The number of carbonyl (C=O) groups is 1. The molecule has 0 spiro atoms. The number of hydrogen-bond acceptors (Lipinski definition) is 3. The summed E-state index contributed by atoms with van der Waals surface area (Å²) in [5.74, 6) is -0.310. The van der Waals surface area contributed by atoms with Crippen molar-refractivity contribution in [2.45, 2.75) is 25.7 Å². The summed E-state index contributed by atoms with van der Waals surface area (Å²) in [4.78, 5) is 12.1. The van der Waals surface area contributed by atoms with E-state index in [1.165, 1.54) is 6.21 Å². The lowest BCUT2D eigenvalue weighted by molar-refractivity contribution is 0.0949. The van der Waals surface area contributed by atoms with Gasteiger partial charge in [0.25, 0.3) is 5.91 Å². The Balaban J connectivity index is 1.68. The van der Waals surface area contributed by atoms with Crippen molar-refractivity contribution in [2.24, 2.45) is 5.10 Å². The molecule has 0 saturated heterocycles. The molecule has 0 unspecified atom stereocenters. The van der Waals surface area contributed by atoms with E-state index in [4.69, 9.17) is 23.2 Å². The average Bonchev–Trinajstić information content (AvgIpc) is 2.95. The highest BCUT2D eigenvalue weighted by Crippen LogP contribution is 2.22. The number of fused-ring (bicyclic) bond motifs is 1. The number of amides is 1. The second-order valence-corrected chi connectivity index (χ2v) is 5.92. The fourth-order valence-electron chi connectivity index (χ4n) is 2.48. The van der Waals surface area contributed by atoms with Crippen molar-refractivity contribution < 1.29 is 4.79 Å². The molecule has 1 aromatic heterocycles. The van der Waals surface area contributed by atoms with Crippen molar-refractivity contribution >= 4 is 35.3 Å². The topological polar surface area (TPSA) is 70.1 Å². The van der Waals surface area contributed by atoms with Gasteiger partial charge in [0.15, 0.2) is 5.69 Å². The first-order valence-corrected chi connectivity index (χ1v) is 7.75. The van der Waals surface area contributed by atoms with Crippen LogP contribution in [0.2, 0.25) is 10.0 Å². The summed E-state index contributed by atoms with van der Waals surface area (Å²) < 4.78 is 0. The third kappa shape index (κ3) is 3.15. The van der Waals surface area contributed by atoms with Gasteiger partial charge in [-0.2, -0.15) is 10.2 Å². The zero-order valence-corrected chi connectivity index (χ0v) is 13.2. The van der Waals surface area contributed by atoms with Crippen LogP contribution in [-0.4, -0.2) is 22.3 Å². The summed E-state index contributed by atoms with van der Waals surface area (Å²) in [7, 11) is 0. The summed E-state index contributed by atoms with van der Waals surface area (Å²) >= 11 is 11.8. The summed E-state index contributed by atoms with van der Waals surface area (Å²) in [5.41, 5.74) is 5.74. The molecule has 114 valence electrons. The smallest absolute Gasteiger partial charge is 0.281 e. The highest BCUT2D eigenvalue weighted by Gasteiger charge is 2.21. The maximum Gasteiger partial charge on any atom is 0.292 e. The molecule has 1 aromatic carbocycles. The second-order valence-electron chi connectivity index (χ2n) is 5.11. The minimum atomic E-state index is -0.310. The zero-order chi connectivity index (χ0) is 15.5. The highest BCUT2D eigenvalue weighted by atomic mass is 35.5. The van der Waals surface area contributed by atoms with Gasteiger partial charge in [-0.15, -0.1) is 0 Å². The van der Waals surface area contributed by atoms with Crippen molar-refractivity contribution in [3.8, 4) is 0 Å². The van der Waals surface area contributed by atoms with Crippen LogP contribution in [-0.2, 0) is 12.8 Å². The first-order chi connectivity index (χ1) is 10.6. The largest absolute Gasteiger partial charge is 0.292 e. The summed E-state index contributed by atoms with van der Waals surface area (Å²) in [6.45, 7) is 0. The number of rotatable bonds is 3. The van der Waals surface area contributed by atoms with E-state index in [-0.39, 0.29) is 5.91 Å². The number of halogens is 2. The Morgan fingerprint density at radius 2 is 2.09 bits per heavy atom. The number of nitrogens with zero attached hydrogens (tertiary/aromatic N) is 2. The lowest BCUT2D eigenvalue weighted by atomic mass is 9.96. The third-order valence-corrected chi connectivity index (χ3v) is 4.33. The number of aromatic nitrogens is 2. The van der Waals surface area contributed by atoms with E-state index in [1.54, 1.807) is 18.2 Å². The molecule has 1 aliphatic rings. The number of aryl methyl sites for hydroxylation is 1. The predicted octanol–water partition coefficient (Wildman–Crippen LogP) is 3.36. The Bertz CT molecular complexity index is 739. The molecule has 2 N–H and O–H groups in total. The van der Waals surface area contributed by atoms with Crippen molar-refractivity contribution in [3.05, 3.63) is 50.8 Å². The maximum atomic E-state index is 12.1. The number of benzene rings is 1. The number of aromatic amines is 1. The monoisotopic (exact) mass is 336 g/mol. The standard InChI is InChI=1S/C15H14Cl2N4O/c16-11-6-5-9(7-12(11)17)8-18-21-15(22)14-10-3-1-2-4-13(10)19-20-14/h5-8H,1-4H2,(H,19,20)(H,21,22). The molecule has 3 rings (SSSR count). The van der Waals surface area contributed by atoms with Crippen LogP contribution in [0.4, 0.5) is 0 Å². The van der Waals surface area contributed by atoms with Gasteiger partial charge in [0.1, 0.15) is 0 Å². The van der Waals surface area contributed by atoms with Crippen LogP contribution in [0.3, 0.4) is 0 Å². The molecule has 0 aliphatic heterocycles. The molecule has 7 heteroatoms. The number of H-pyrrole nitrogens is 1. The number of nitrogens with one attached hydrogen (secondary N) is 2. The molecule has 22 heavy (non-hydrogen) atoms. The molecule has 0 saturated carbocycles. The van der Waals surface area contributed by atoms with Crippen molar-refractivity contribution in [3.63, 3.8) is 0 Å². The van der Waals surface area contributed by atoms with Crippen molar-refractivity contribution in [1.29, 1.82) is 0 Å². The summed E-state index contributed by atoms with van der Waals surface area (Å²) in [5, 5.41) is 11.9. The van der Waals surface area contributed by atoms with Crippen LogP contribution in [0.15, 0.2) is 23.3 Å². The Labute approximate surface area is 137 Å². The number of hydrazone groups is 1. The van der Waals surface area contributed by atoms with Crippen molar-refractivity contribution in [2.75, 3.05) is 0 Å². The molecule has 1 aliphatic carbocycles. The SMILES string of the molecule is O=C(NN=Cc1ccc(Cl)c(Cl)c1)c1n[nH]c2c1CCCC2. The Hall–Kier alpha value is -1.85. The molecule has 1 heterocycles. The third-order valence-electron chi connectivity index (χ3n) is 3.59. The molecule has 0 fully saturated rings. The van der Waals surface area contributed by atoms with Gasteiger partial charge in [-0.05, 0) is 43.4 Å². The zero-order valence-electron chi connectivity index (χ0n) is 11.7. The fourth-order valence-corrected chi connectivity index (χ4v) is 2.79. The fraction of sp³-hybridized carbons (Fsp3) is 0.267. The Morgan fingerprint density at radius 1 is 1.27 bits per heavy atom. The van der Waals surface area contributed by atoms with E-state index in [2.05, 4.69) is 20.7 Å². The average molecular weight is 337 g/mol. The summed E-state index contributed by atoms with van der Waals surface area (Å²) in [6.07, 6.45) is 5.55. The van der Waals surface area contributed by atoms with Crippen LogP contribution in [0.1, 0.15) is 40.2 Å². The van der Waals surface area contributed by atoms with E-state index in [0.717, 1.165) is 42.5 Å². The van der Waals surface area contributed by atoms with E-state index in [9.17, 15) is 4.79 Å². The quantitative estimate of drug-likeness (QED) is 0.666. The predicted molar refractivity (Wildman–Crippen MR) is 86.8 cm³/mol. The first kappa shape index (κ1) is 15.1. The van der Waals surface area contributed by atoms with E-state index < -0.39 is 0 Å². The molecule has 0 radical (unpaired) electrons. The molecule has 2 aromatic rings. The van der Waals surface area contributed by atoms with E-state index in [0.29, 0.717) is 15.7 Å². The van der Waals surface area contributed by atoms with Crippen molar-refractivity contribution in [1.82, 2.24) is 15.6 Å². The first-order valence-electron chi connectivity index (χ1n) is 6.99. The van der Waals surface area contributed by atoms with E-state index >= 15 is 0 Å². The van der Waals surface area contributed by atoms with Crippen LogP contribution in [0.5, 0.6) is 0 Å². The Morgan fingerprint density at radius 3 is 2.91 bits per heavy atom. The highest BCUT2D eigenvalue weighted by molar-refractivity contribution is 6.42. The summed E-state index contributed by atoms with van der Waals surface area (Å²) in [6, 6.07) is 5.12. The molecule has 0 atom stereocenters. The molecular weight excluding hydrogens is 323 g/mol. The van der Waals surface area contributed by atoms with Gasteiger partial charge in [0.05, 0.1) is 16.3 Å². The van der Waals surface area contributed by atoms with Gasteiger partial charge in [0.2, 0.25) is 0 Å². The maximum absolute atomic E-state index is 12.1. The molecular formula is C15H14Cl2N4O.